The van der Waals surface area contributed by atoms with E-state index in [0.717, 1.165) is 24.7 Å². The average molecular weight is 291 g/mol. The summed E-state index contributed by atoms with van der Waals surface area (Å²) in [7, 11) is 0. The first-order valence-electron chi connectivity index (χ1n) is 8.92. The highest BCUT2D eigenvalue weighted by molar-refractivity contribution is 5.04. The van der Waals surface area contributed by atoms with Crippen molar-refractivity contribution in [2.75, 3.05) is 19.6 Å². The van der Waals surface area contributed by atoms with E-state index >= 15 is 0 Å². The minimum Gasteiger partial charge on any atom is -0.303 e. The molecule has 0 aromatic carbocycles. The molecule has 0 spiro atoms. The maximum absolute atomic E-state index is 9.37. The molecule has 3 heteroatoms. The van der Waals surface area contributed by atoms with Crippen molar-refractivity contribution in [3.05, 3.63) is 0 Å². The van der Waals surface area contributed by atoms with E-state index in [0.29, 0.717) is 6.04 Å². The molecule has 1 N–H and O–H groups in total. The Kier molecular flexibility index (Phi) is 6.08. The summed E-state index contributed by atoms with van der Waals surface area (Å²) in [5.74, 6) is 1.99. The van der Waals surface area contributed by atoms with E-state index in [9.17, 15) is 5.26 Å². The van der Waals surface area contributed by atoms with E-state index in [2.05, 4.69) is 30.1 Å². The Hall–Kier alpha value is -0.590. The molecule has 0 aliphatic heterocycles. The quantitative estimate of drug-likeness (QED) is 0.592. The molecule has 120 valence electrons. The number of hydrogen-bond acceptors (Lipinski definition) is 3. The molecule has 0 radical (unpaired) electrons. The summed E-state index contributed by atoms with van der Waals surface area (Å²) in [6.45, 7) is 10.2. The fraction of sp³-hybridized carbons (Fsp3) is 0.944. The van der Waals surface area contributed by atoms with Gasteiger partial charge in [0.25, 0.3) is 0 Å². The van der Waals surface area contributed by atoms with Crippen LogP contribution >= 0.6 is 0 Å². The molecule has 0 saturated heterocycles. The van der Waals surface area contributed by atoms with Gasteiger partial charge in [-0.2, -0.15) is 5.26 Å². The number of rotatable bonds is 11. The van der Waals surface area contributed by atoms with Crippen LogP contribution in [0.1, 0.15) is 65.7 Å². The van der Waals surface area contributed by atoms with Crippen molar-refractivity contribution in [1.29, 1.82) is 5.26 Å². The smallest absolute Gasteiger partial charge is 0.104 e. The third kappa shape index (κ3) is 6.80. The van der Waals surface area contributed by atoms with Gasteiger partial charge in [-0.05, 0) is 84.1 Å². The van der Waals surface area contributed by atoms with Crippen molar-refractivity contribution in [2.45, 2.75) is 77.3 Å². The third-order valence-electron chi connectivity index (χ3n) is 4.68. The van der Waals surface area contributed by atoms with Gasteiger partial charge in [0, 0.05) is 19.1 Å². The second-order valence-electron chi connectivity index (χ2n) is 7.85. The predicted molar refractivity (Wildman–Crippen MR) is 88.0 cm³/mol. The van der Waals surface area contributed by atoms with E-state index in [-0.39, 0.29) is 5.54 Å². The summed E-state index contributed by atoms with van der Waals surface area (Å²) in [5.41, 5.74) is -0.355. The van der Waals surface area contributed by atoms with Crippen LogP contribution in [-0.2, 0) is 0 Å². The molecule has 0 amide bonds. The van der Waals surface area contributed by atoms with Gasteiger partial charge < -0.3 is 4.90 Å². The number of unbranched alkanes of at least 4 members (excludes halogenated alkanes) is 1. The van der Waals surface area contributed by atoms with Crippen LogP contribution in [0.4, 0.5) is 0 Å². The van der Waals surface area contributed by atoms with Gasteiger partial charge in [-0.25, -0.2) is 0 Å². The first-order valence-corrected chi connectivity index (χ1v) is 8.92. The van der Waals surface area contributed by atoms with Gasteiger partial charge in [0.1, 0.15) is 5.54 Å². The van der Waals surface area contributed by atoms with Crippen LogP contribution in [0.5, 0.6) is 0 Å². The summed E-state index contributed by atoms with van der Waals surface area (Å²) < 4.78 is 0. The number of nitrogens with one attached hydrogen (secondary N) is 1. The molecule has 1 atom stereocenters. The Morgan fingerprint density at radius 1 is 1.14 bits per heavy atom. The van der Waals surface area contributed by atoms with Crippen LogP contribution in [-0.4, -0.2) is 36.1 Å². The molecular formula is C18H33N3. The van der Waals surface area contributed by atoms with Crippen molar-refractivity contribution in [2.24, 2.45) is 11.8 Å². The van der Waals surface area contributed by atoms with Crippen molar-refractivity contribution in [3.63, 3.8) is 0 Å². The molecular weight excluding hydrogens is 258 g/mol. The van der Waals surface area contributed by atoms with Crippen molar-refractivity contribution >= 4 is 0 Å². The lowest BCUT2D eigenvalue weighted by molar-refractivity contribution is 0.243. The van der Waals surface area contributed by atoms with Crippen LogP contribution in [0.3, 0.4) is 0 Å². The topological polar surface area (TPSA) is 39.1 Å². The molecule has 1 unspecified atom stereocenters. The third-order valence-corrected chi connectivity index (χ3v) is 4.68. The number of hydrogen-bond donors (Lipinski definition) is 1. The SMILES string of the molecule is CC(C)NC(C)(C#N)CCCCN(CC1CC1)CC1CC1. The van der Waals surface area contributed by atoms with Crippen molar-refractivity contribution in [1.82, 2.24) is 10.2 Å². The summed E-state index contributed by atoms with van der Waals surface area (Å²) >= 11 is 0. The van der Waals surface area contributed by atoms with E-state index in [1.165, 1.54) is 51.7 Å². The highest BCUT2D eigenvalue weighted by Gasteiger charge is 2.29. The Morgan fingerprint density at radius 3 is 2.14 bits per heavy atom. The zero-order chi connectivity index (χ0) is 15.3. The van der Waals surface area contributed by atoms with Crippen molar-refractivity contribution < 1.29 is 0 Å². The Morgan fingerprint density at radius 2 is 1.71 bits per heavy atom. The Labute approximate surface area is 131 Å². The molecule has 21 heavy (non-hydrogen) atoms. The van der Waals surface area contributed by atoms with Gasteiger partial charge in [-0.3, -0.25) is 5.32 Å². The summed E-state index contributed by atoms with van der Waals surface area (Å²) in [4.78, 5) is 2.70. The van der Waals surface area contributed by atoms with Gasteiger partial charge in [-0.1, -0.05) is 0 Å². The largest absolute Gasteiger partial charge is 0.303 e. The fourth-order valence-electron chi connectivity index (χ4n) is 3.20. The molecule has 2 aliphatic rings. The Bertz CT molecular complexity index is 338. The van der Waals surface area contributed by atoms with Gasteiger partial charge >= 0.3 is 0 Å². The first kappa shape index (κ1) is 16.8. The van der Waals surface area contributed by atoms with Crippen molar-refractivity contribution in [3.8, 4) is 6.07 Å². The van der Waals surface area contributed by atoms with E-state index in [1.807, 2.05) is 6.92 Å². The lowest BCUT2D eigenvalue weighted by atomic mass is 9.95. The molecule has 2 saturated carbocycles. The lowest BCUT2D eigenvalue weighted by Crippen LogP contribution is -2.45. The molecule has 0 aromatic rings. The zero-order valence-corrected chi connectivity index (χ0v) is 14.2. The van der Waals surface area contributed by atoms with Gasteiger partial charge in [-0.15, -0.1) is 0 Å². The van der Waals surface area contributed by atoms with Gasteiger partial charge in [0.05, 0.1) is 6.07 Å². The van der Waals surface area contributed by atoms with Gasteiger partial charge in [0.15, 0.2) is 0 Å². The Balaban J connectivity index is 1.64. The summed E-state index contributed by atoms with van der Waals surface area (Å²) in [5, 5.41) is 12.8. The predicted octanol–water partition coefficient (Wildman–Crippen LogP) is 3.56. The minimum atomic E-state index is -0.355. The molecule has 0 bridgehead atoms. The normalized spacial score (nSPS) is 21.5. The first-order chi connectivity index (χ1) is 10.0. The molecule has 2 aliphatic carbocycles. The molecule has 2 fully saturated rings. The van der Waals surface area contributed by atoms with E-state index in [1.54, 1.807) is 0 Å². The molecule has 0 aromatic heterocycles. The summed E-state index contributed by atoms with van der Waals surface area (Å²) in [6.07, 6.45) is 9.14. The summed E-state index contributed by atoms with van der Waals surface area (Å²) in [6, 6.07) is 2.83. The van der Waals surface area contributed by atoms with E-state index in [4.69, 9.17) is 0 Å². The lowest BCUT2D eigenvalue weighted by Gasteiger charge is -2.27. The highest BCUT2D eigenvalue weighted by Crippen LogP contribution is 2.33. The zero-order valence-electron chi connectivity index (χ0n) is 14.2. The van der Waals surface area contributed by atoms with Crippen LogP contribution < -0.4 is 5.32 Å². The number of nitrogens with zero attached hydrogens (tertiary/aromatic N) is 2. The highest BCUT2D eigenvalue weighted by atomic mass is 15.1. The second-order valence-corrected chi connectivity index (χ2v) is 7.85. The van der Waals surface area contributed by atoms with Crippen LogP contribution in [0.25, 0.3) is 0 Å². The number of nitriles is 1. The second kappa shape index (κ2) is 7.61. The maximum Gasteiger partial charge on any atom is 0.104 e. The molecule has 3 nitrogen and oxygen atoms in total. The maximum atomic E-state index is 9.37. The average Bonchev–Trinajstić information content (AvgIpc) is 3.29. The van der Waals surface area contributed by atoms with Crippen LogP contribution in [0.15, 0.2) is 0 Å². The monoisotopic (exact) mass is 291 g/mol. The molecule has 0 heterocycles. The fourth-order valence-corrected chi connectivity index (χ4v) is 3.20. The molecule has 2 rings (SSSR count). The van der Waals surface area contributed by atoms with Crippen LogP contribution in [0.2, 0.25) is 0 Å². The minimum absolute atomic E-state index is 0.355. The van der Waals surface area contributed by atoms with E-state index < -0.39 is 0 Å². The van der Waals surface area contributed by atoms with Gasteiger partial charge in [0.2, 0.25) is 0 Å². The standard InChI is InChI=1S/C18H33N3/c1-15(2)20-18(3,14-19)10-4-5-11-21(12-16-6-7-16)13-17-8-9-17/h15-17,20H,4-13H2,1-3H3. The van der Waals surface area contributed by atoms with Crippen LogP contribution in [0, 0.1) is 23.2 Å².